The molecule has 0 spiro atoms. The van der Waals surface area contributed by atoms with Crippen molar-refractivity contribution in [2.75, 3.05) is 20.6 Å². The van der Waals surface area contributed by atoms with E-state index in [1.165, 1.54) is 6.92 Å². The first-order chi connectivity index (χ1) is 5.97. The van der Waals surface area contributed by atoms with Crippen molar-refractivity contribution in [1.29, 1.82) is 0 Å². The minimum atomic E-state index is -0.496. The number of nitrogens with one attached hydrogen (secondary N) is 1. The molecule has 1 amide bonds. The highest BCUT2D eigenvalue weighted by atomic mass is 16.3. The summed E-state index contributed by atoms with van der Waals surface area (Å²) in [5, 5.41) is 12.4. The molecule has 4 heteroatoms. The molecule has 0 aromatic rings. The van der Waals surface area contributed by atoms with Gasteiger partial charge in [-0.25, -0.2) is 0 Å². The topological polar surface area (TPSA) is 52.6 Å². The third-order valence-electron chi connectivity index (χ3n) is 1.85. The predicted molar refractivity (Wildman–Crippen MR) is 52.5 cm³/mol. The molecule has 78 valence electrons. The Morgan fingerprint density at radius 2 is 2.08 bits per heavy atom. The van der Waals surface area contributed by atoms with E-state index < -0.39 is 6.10 Å². The van der Waals surface area contributed by atoms with Crippen molar-refractivity contribution >= 4 is 5.91 Å². The zero-order valence-corrected chi connectivity index (χ0v) is 8.87. The molecule has 0 aromatic heterocycles. The lowest BCUT2D eigenvalue weighted by Gasteiger charge is -2.24. The van der Waals surface area contributed by atoms with Gasteiger partial charge in [-0.1, -0.05) is 6.92 Å². The Bertz CT molecular complexity index is 160. The molecule has 0 unspecified atom stereocenters. The van der Waals surface area contributed by atoms with Crippen LogP contribution in [0.2, 0.25) is 0 Å². The Hall–Kier alpha value is -0.610. The van der Waals surface area contributed by atoms with E-state index >= 15 is 0 Å². The van der Waals surface area contributed by atoms with Crippen LogP contribution < -0.4 is 5.32 Å². The standard InChI is InChI=1S/C9H20N2O2/c1-5-8(10-7(2)12)9(13)6-11(3)4/h8-9,13H,5-6H2,1-4H3,(H,10,12)/t8-,9+/m0/s1. The minimum Gasteiger partial charge on any atom is -0.390 e. The fourth-order valence-corrected chi connectivity index (χ4v) is 1.23. The Balaban J connectivity index is 3.98. The van der Waals surface area contributed by atoms with E-state index in [0.29, 0.717) is 6.54 Å². The van der Waals surface area contributed by atoms with Gasteiger partial charge in [-0.3, -0.25) is 4.79 Å². The summed E-state index contributed by atoms with van der Waals surface area (Å²) in [5.41, 5.74) is 0. The number of amides is 1. The molecule has 0 saturated heterocycles. The first-order valence-corrected chi connectivity index (χ1v) is 4.57. The largest absolute Gasteiger partial charge is 0.390 e. The molecule has 2 atom stereocenters. The molecule has 0 heterocycles. The van der Waals surface area contributed by atoms with Gasteiger partial charge in [0.25, 0.3) is 0 Å². The number of aliphatic hydroxyl groups is 1. The minimum absolute atomic E-state index is 0.0929. The zero-order valence-electron chi connectivity index (χ0n) is 8.87. The fourth-order valence-electron chi connectivity index (χ4n) is 1.23. The van der Waals surface area contributed by atoms with Crippen LogP contribution in [0.25, 0.3) is 0 Å². The molecule has 0 aliphatic heterocycles. The van der Waals surface area contributed by atoms with Gasteiger partial charge in [0.2, 0.25) is 5.91 Å². The van der Waals surface area contributed by atoms with Gasteiger partial charge in [0.15, 0.2) is 0 Å². The van der Waals surface area contributed by atoms with Gasteiger partial charge in [0.05, 0.1) is 12.1 Å². The summed E-state index contributed by atoms with van der Waals surface area (Å²) in [7, 11) is 3.79. The predicted octanol–water partition coefficient (Wildman–Crippen LogP) is -0.176. The van der Waals surface area contributed by atoms with Gasteiger partial charge in [-0.15, -0.1) is 0 Å². The van der Waals surface area contributed by atoms with Crippen LogP contribution in [0, 0.1) is 0 Å². The number of carbonyl (C=O) groups excluding carboxylic acids is 1. The van der Waals surface area contributed by atoms with Crippen molar-refractivity contribution in [1.82, 2.24) is 10.2 Å². The van der Waals surface area contributed by atoms with Gasteiger partial charge in [0.1, 0.15) is 0 Å². The Labute approximate surface area is 79.9 Å². The SMILES string of the molecule is CC[C@H](NC(C)=O)[C@H](O)CN(C)C. The quantitative estimate of drug-likeness (QED) is 0.629. The van der Waals surface area contributed by atoms with Crippen molar-refractivity contribution in [2.24, 2.45) is 0 Å². The molecule has 0 aromatic carbocycles. The molecule has 0 aliphatic rings. The Morgan fingerprint density at radius 3 is 2.38 bits per heavy atom. The number of carbonyl (C=O) groups is 1. The highest BCUT2D eigenvalue weighted by molar-refractivity contribution is 5.73. The highest BCUT2D eigenvalue weighted by Gasteiger charge is 2.18. The highest BCUT2D eigenvalue weighted by Crippen LogP contribution is 1.99. The third kappa shape index (κ3) is 5.60. The van der Waals surface area contributed by atoms with Crippen LogP contribution in [0.1, 0.15) is 20.3 Å². The van der Waals surface area contributed by atoms with Crippen molar-refractivity contribution in [3.63, 3.8) is 0 Å². The second kappa shape index (κ2) is 5.94. The molecule has 0 saturated carbocycles. The van der Waals surface area contributed by atoms with Crippen LogP contribution in [-0.4, -0.2) is 48.7 Å². The second-order valence-corrected chi connectivity index (χ2v) is 3.54. The van der Waals surface area contributed by atoms with Gasteiger partial charge in [-0.05, 0) is 20.5 Å². The summed E-state index contributed by atoms with van der Waals surface area (Å²) in [6, 6.07) is -0.139. The maximum absolute atomic E-state index is 10.8. The van der Waals surface area contributed by atoms with E-state index in [1.54, 1.807) is 0 Å². The van der Waals surface area contributed by atoms with Gasteiger partial charge < -0.3 is 15.3 Å². The van der Waals surface area contributed by atoms with E-state index in [9.17, 15) is 9.90 Å². The Morgan fingerprint density at radius 1 is 1.54 bits per heavy atom. The van der Waals surface area contributed by atoms with Crippen molar-refractivity contribution in [3.8, 4) is 0 Å². The first-order valence-electron chi connectivity index (χ1n) is 4.57. The third-order valence-corrected chi connectivity index (χ3v) is 1.85. The number of aliphatic hydroxyl groups excluding tert-OH is 1. The molecule has 0 fully saturated rings. The summed E-state index contributed by atoms with van der Waals surface area (Å²) in [5.74, 6) is -0.0929. The number of nitrogens with zero attached hydrogens (tertiary/aromatic N) is 1. The maximum Gasteiger partial charge on any atom is 0.217 e. The average molecular weight is 188 g/mol. The van der Waals surface area contributed by atoms with Crippen molar-refractivity contribution in [2.45, 2.75) is 32.4 Å². The van der Waals surface area contributed by atoms with Crippen LogP contribution >= 0.6 is 0 Å². The molecule has 13 heavy (non-hydrogen) atoms. The Kier molecular flexibility index (Phi) is 5.66. The number of rotatable bonds is 5. The van der Waals surface area contributed by atoms with Gasteiger partial charge in [0, 0.05) is 13.5 Å². The van der Waals surface area contributed by atoms with Crippen molar-refractivity contribution < 1.29 is 9.90 Å². The lowest BCUT2D eigenvalue weighted by Crippen LogP contribution is -2.46. The monoisotopic (exact) mass is 188 g/mol. The van der Waals surface area contributed by atoms with E-state index in [0.717, 1.165) is 6.42 Å². The lowest BCUT2D eigenvalue weighted by molar-refractivity contribution is -0.120. The maximum atomic E-state index is 10.8. The summed E-state index contributed by atoms with van der Waals surface area (Å²) >= 11 is 0. The molecule has 0 rings (SSSR count). The van der Waals surface area contributed by atoms with E-state index in [-0.39, 0.29) is 11.9 Å². The van der Waals surface area contributed by atoms with E-state index in [4.69, 9.17) is 0 Å². The zero-order chi connectivity index (χ0) is 10.4. The summed E-state index contributed by atoms with van der Waals surface area (Å²) < 4.78 is 0. The summed E-state index contributed by atoms with van der Waals surface area (Å²) in [6.07, 6.45) is 0.248. The van der Waals surface area contributed by atoms with Gasteiger partial charge in [-0.2, -0.15) is 0 Å². The van der Waals surface area contributed by atoms with E-state index in [1.807, 2.05) is 25.9 Å². The van der Waals surface area contributed by atoms with Crippen molar-refractivity contribution in [3.05, 3.63) is 0 Å². The number of hydrogen-bond acceptors (Lipinski definition) is 3. The van der Waals surface area contributed by atoms with Crippen LogP contribution in [0.3, 0.4) is 0 Å². The van der Waals surface area contributed by atoms with Gasteiger partial charge >= 0.3 is 0 Å². The summed E-state index contributed by atoms with van der Waals surface area (Å²) in [6.45, 7) is 3.98. The molecule has 0 bridgehead atoms. The van der Waals surface area contributed by atoms with Crippen LogP contribution in [0.15, 0.2) is 0 Å². The van der Waals surface area contributed by atoms with Crippen LogP contribution in [0.4, 0.5) is 0 Å². The molecule has 2 N–H and O–H groups in total. The lowest BCUT2D eigenvalue weighted by atomic mass is 10.1. The molecule has 4 nitrogen and oxygen atoms in total. The summed E-state index contributed by atoms with van der Waals surface area (Å²) in [4.78, 5) is 12.7. The smallest absolute Gasteiger partial charge is 0.217 e. The average Bonchev–Trinajstić information content (AvgIpc) is 1.98. The molecule has 0 radical (unpaired) electrons. The number of hydrogen-bond donors (Lipinski definition) is 2. The van der Waals surface area contributed by atoms with E-state index in [2.05, 4.69) is 5.32 Å². The molecular weight excluding hydrogens is 168 g/mol. The van der Waals surface area contributed by atoms with Crippen LogP contribution in [0.5, 0.6) is 0 Å². The van der Waals surface area contributed by atoms with Crippen LogP contribution in [-0.2, 0) is 4.79 Å². The number of likely N-dealkylation sites (N-methyl/N-ethyl adjacent to an activating group) is 1. The fraction of sp³-hybridized carbons (Fsp3) is 0.889. The normalized spacial score (nSPS) is 15.5. The second-order valence-electron chi connectivity index (χ2n) is 3.54. The molecular formula is C9H20N2O2. The first kappa shape index (κ1) is 12.4. The molecule has 0 aliphatic carbocycles.